The number of unbranched alkanes of at least 4 members (excludes halogenated alkanes) is 22. The molecule has 0 aliphatic carbocycles. The van der Waals surface area contributed by atoms with Gasteiger partial charge in [0.25, 0.3) is 0 Å². The molecule has 1 heteroatoms. The molecule has 0 saturated heterocycles. The van der Waals surface area contributed by atoms with Gasteiger partial charge in [-0.3, -0.25) is 0 Å². The van der Waals surface area contributed by atoms with E-state index in [9.17, 15) is 5.11 Å². The smallest absolute Gasteiger partial charge is 0.0512 e. The van der Waals surface area contributed by atoms with E-state index in [0.29, 0.717) is 0 Å². The van der Waals surface area contributed by atoms with Crippen molar-refractivity contribution in [2.75, 3.05) is 0 Å². The minimum absolute atomic E-state index is 0.116. The number of hydrogen-bond donors (Lipinski definition) is 1. The van der Waals surface area contributed by atoms with Gasteiger partial charge in [0.1, 0.15) is 0 Å². The molecule has 0 spiro atoms. The van der Waals surface area contributed by atoms with Crippen LogP contribution >= 0.6 is 0 Å². The molecule has 2 unspecified atom stereocenters. The molecule has 35 heavy (non-hydrogen) atoms. The zero-order valence-corrected chi connectivity index (χ0v) is 25.1. The number of aliphatic hydroxyl groups is 1. The van der Waals surface area contributed by atoms with E-state index < -0.39 is 0 Å². The zero-order valence-electron chi connectivity index (χ0n) is 25.1. The summed E-state index contributed by atoms with van der Waals surface area (Å²) in [4.78, 5) is 0. The van der Waals surface area contributed by atoms with Crippen molar-refractivity contribution in [3.8, 4) is 0 Å². The Labute approximate surface area is 224 Å². The van der Waals surface area contributed by atoms with Crippen molar-refractivity contribution >= 4 is 0 Å². The largest absolute Gasteiger partial charge is 0.393 e. The molecule has 0 bridgehead atoms. The lowest BCUT2D eigenvalue weighted by Gasteiger charge is -2.17. The molecular weight excluding hydrogens is 424 g/mol. The average Bonchev–Trinajstić information content (AvgIpc) is 2.84. The van der Waals surface area contributed by atoms with E-state index in [4.69, 9.17) is 0 Å². The molecule has 0 heterocycles. The van der Waals surface area contributed by atoms with Gasteiger partial charge in [-0.25, -0.2) is 0 Å². The fourth-order valence-electron chi connectivity index (χ4n) is 5.68. The second kappa shape index (κ2) is 30.2. The number of aliphatic hydroxyl groups excluding tert-OH is 1. The summed E-state index contributed by atoms with van der Waals surface area (Å²) in [6.45, 7) is 6.55. The predicted molar refractivity (Wildman–Crippen MR) is 160 cm³/mol. The van der Waals surface area contributed by atoms with Crippen molar-refractivity contribution in [3.05, 3.63) is 0 Å². The highest BCUT2D eigenvalue weighted by Crippen LogP contribution is 2.24. The van der Waals surface area contributed by atoms with Crippen LogP contribution in [0.25, 0.3) is 0 Å². The Morgan fingerprint density at radius 1 is 0.343 bits per heavy atom. The number of hydrogen-bond acceptors (Lipinski definition) is 1. The summed E-state index contributed by atoms with van der Waals surface area (Å²) in [5.41, 5.74) is 0. The van der Waals surface area contributed by atoms with Crippen molar-refractivity contribution < 1.29 is 5.11 Å². The summed E-state index contributed by atoms with van der Waals surface area (Å²) >= 11 is 0. The Bertz CT molecular complexity index is 364. The zero-order chi connectivity index (χ0) is 25.7. The molecule has 1 nitrogen and oxygen atoms in total. The third kappa shape index (κ3) is 30.1. The first kappa shape index (κ1) is 35.0. The summed E-state index contributed by atoms with van der Waals surface area (Å²) in [6, 6.07) is 0. The monoisotopic (exact) mass is 495 g/mol. The molecule has 0 aliphatic rings. The van der Waals surface area contributed by atoms with Gasteiger partial charge in [-0.2, -0.15) is 0 Å². The van der Waals surface area contributed by atoms with Crippen LogP contribution in [0.5, 0.6) is 0 Å². The van der Waals surface area contributed by atoms with Crippen molar-refractivity contribution in [2.45, 2.75) is 213 Å². The molecule has 0 rings (SSSR count). The Hall–Kier alpha value is -0.0400. The minimum atomic E-state index is -0.116. The first-order valence-electron chi connectivity index (χ1n) is 16.9. The van der Waals surface area contributed by atoms with Crippen LogP contribution in [-0.4, -0.2) is 11.2 Å². The summed E-state index contributed by atoms with van der Waals surface area (Å²) in [6.07, 6.45) is 41.1. The third-order valence-electron chi connectivity index (χ3n) is 8.17. The molecule has 0 radical (unpaired) electrons. The standard InChI is InChI=1S/C34H70O/c1-4-6-8-10-12-14-15-16-17-18-19-20-21-23-25-27-31-34(32-28-29-33(3)35)30-26-24-22-13-11-9-7-5-2/h33-35H,4-32H2,1-3H3. The summed E-state index contributed by atoms with van der Waals surface area (Å²) < 4.78 is 0. The van der Waals surface area contributed by atoms with Gasteiger partial charge in [0.2, 0.25) is 0 Å². The van der Waals surface area contributed by atoms with Crippen LogP contribution in [0, 0.1) is 5.92 Å². The normalized spacial score (nSPS) is 13.4. The van der Waals surface area contributed by atoms with E-state index in [1.54, 1.807) is 0 Å². The highest BCUT2D eigenvalue weighted by atomic mass is 16.3. The molecular formula is C34H70O. The fourth-order valence-corrected chi connectivity index (χ4v) is 5.68. The lowest BCUT2D eigenvalue weighted by molar-refractivity contribution is 0.176. The van der Waals surface area contributed by atoms with Gasteiger partial charge < -0.3 is 5.11 Å². The third-order valence-corrected chi connectivity index (χ3v) is 8.17. The second-order valence-corrected chi connectivity index (χ2v) is 12.0. The highest BCUT2D eigenvalue weighted by molar-refractivity contribution is 4.63. The van der Waals surface area contributed by atoms with Crippen molar-refractivity contribution in [2.24, 2.45) is 5.92 Å². The van der Waals surface area contributed by atoms with Crippen LogP contribution in [-0.2, 0) is 0 Å². The molecule has 212 valence electrons. The molecule has 0 aromatic carbocycles. The summed E-state index contributed by atoms with van der Waals surface area (Å²) in [7, 11) is 0. The van der Waals surface area contributed by atoms with Gasteiger partial charge >= 0.3 is 0 Å². The molecule has 0 aromatic rings. The summed E-state index contributed by atoms with van der Waals surface area (Å²) in [5, 5.41) is 9.62. The van der Waals surface area contributed by atoms with Gasteiger partial charge in [-0.1, -0.05) is 194 Å². The van der Waals surface area contributed by atoms with E-state index in [2.05, 4.69) is 13.8 Å². The quantitative estimate of drug-likeness (QED) is 0.0984. The lowest BCUT2D eigenvalue weighted by atomic mass is 9.89. The maximum atomic E-state index is 9.62. The van der Waals surface area contributed by atoms with Crippen molar-refractivity contribution in [3.63, 3.8) is 0 Å². The van der Waals surface area contributed by atoms with Crippen LogP contribution in [0.15, 0.2) is 0 Å². The van der Waals surface area contributed by atoms with Gasteiger partial charge in [-0.05, 0) is 19.3 Å². The molecule has 0 fully saturated rings. The predicted octanol–water partition coefficient (Wildman–Crippen LogP) is 12.3. The van der Waals surface area contributed by atoms with E-state index >= 15 is 0 Å². The van der Waals surface area contributed by atoms with Crippen LogP contribution < -0.4 is 0 Å². The van der Waals surface area contributed by atoms with Gasteiger partial charge in [0, 0.05) is 0 Å². The van der Waals surface area contributed by atoms with Crippen molar-refractivity contribution in [1.82, 2.24) is 0 Å². The Morgan fingerprint density at radius 3 is 0.886 bits per heavy atom. The SMILES string of the molecule is CCCCCCCCCCCCCCCCCCC(CCCCCCCCCC)CCCC(C)O. The van der Waals surface area contributed by atoms with Crippen LogP contribution in [0.1, 0.15) is 207 Å². The van der Waals surface area contributed by atoms with Crippen molar-refractivity contribution in [1.29, 1.82) is 0 Å². The Morgan fingerprint density at radius 2 is 0.600 bits per heavy atom. The van der Waals surface area contributed by atoms with Crippen LogP contribution in [0.3, 0.4) is 0 Å². The Kier molecular flexibility index (Phi) is 30.2. The van der Waals surface area contributed by atoms with E-state index in [0.717, 1.165) is 12.3 Å². The second-order valence-electron chi connectivity index (χ2n) is 12.0. The van der Waals surface area contributed by atoms with Crippen LogP contribution in [0.4, 0.5) is 0 Å². The first-order chi connectivity index (χ1) is 17.2. The molecule has 0 amide bonds. The topological polar surface area (TPSA) is 20.2 Å². The Balaban J connectivity index is 3.60. The van der Waals surface area contributed by atoms with E-state index in [1.807, 2.05) is 6.92 Å². The molecule has 0 aromatic heterocycles. The highest BCUT2D eigenvalue weighted by Gasteiger charge is 2.09. The first-order valence-corrected chi connectivity index (χ1v) is 16.9. The molecule has 1 N–H and O–H groups in total. The van der Waals surface area contributed by atoms with E-state index in [1.165, 1.54) is 180 Å². The maximum absolute atomic E-state index is 9.62. The van der Waals surface area contributed by atoms with E-state index in [-0.39, 0.29) is 6.10 Å². The maximum Gasteiger partial charge on any atom is 0.0512 e. The van der Waals surface area contributed by atoms with Gasteiger partial charge in [0.15, 0.2) is 0 Å². The molecule has 2 atom stereocenters. The van der Waals surface area contributed by atoms with Gasteiger partial charge in [-0.15, -0.1) is 0 Å². The molecule has 0 saturated carbocycles. The van der Waals surface area contributed by atoms with Crippen LogP contribution in [0.2, 0.25) is 0 Å². The minimum Gasteiger partial charge on any atom is -0.393 e. The average molecular weight is 495 g/mol. The van der Waals surface area contributed by atoms with Gasteiger partial charge in [0.05, 0.1) is 6.10 Å². The summed E-state index contributed by atoms with van der Waals surface area (Å²) in [5.74, 6) is 0.917. The lowest BCUT2D eigenvalue weighted by Crippen LogP contribution is -2.05. The fraction of sp³-hybridized carbons (Fsp3) is 1.00. The number of rotatable bonds is 30. The molecule has 0 aliphatic heterocycles.